The molecule has 0 saturated heterocycles. The van der Waals surface area contributed by atoms with E-state index in [1.165, 1.54) is 0 Å². The molecule has 0 amide bonds. The van der Waals surface area contributed by atoms with Gasteiger partial charge >= 0.3 is 0 Å². The van der Waals surface area contributed by atoms with Gasteiger partial charge in [0.05, 0.1) is 0 Å². The number of oxazole rings is 1. The smallest absolute Gasteiger partial charge is 0.296 e. The Balaban J connectivity index is 2.33. The van der Waals surface area contributed by atoms with Gasteiger partial charge in [-0.05, 0) is 38.5 Å². The monoisotopic (exact) mass is 219 g/mol. The van der Waals surface area contributed by atoms with E-state index >= 15 is 0 Å². The van der Waals surface area contributed by atoms with Gasteiger partial charge in [-0.25, -0.2) is 0 Å². The zero-order valence-corrected chi connectivity index (χ0v) is 9.87. The zero-order chi connectivity index (χ0) is 11.8. The highest BCUT2D eigenvalue weighted by Crippen LogP contribution is 2.23. The van der Waals surface area contributed by atoms with Crippen molar-refractivity contribution in [2.24, 2.45) is 0 Å². The number of hydrogen-bond acceptors (Lipinski definition) is 4. The zero-order valence-electron chi connectivity index (χ0n) is 9.87. The van der Waals surface area contributed by atoms with E-state index in [2.05, 4.69) is 31.1 Å². The molecule has 3 N–H and O–H groups in total. The van der Waals surface area contributed by atoms with E-state index in [4.69, 9.17) is 10.2 Å². The highest BCUT2D eigenvalue weighted by Gasteiger charge is 2.17. The van der Waals surface area contributed by atoms with Crippen LogP contribution in [-0.4, -0.2) is 10.5 Å². The molecular formula is C12H17N3O. The third kappa shape index (κ3) is 2.10. The van der Waals surface area contributed by atoms with Crippen LogP contribution in [0.1, 0.15) is 27.2 Å². The third-order valence-electron chi connectivity index (χ3n) is 2.74. The number of nitrogens with zero attached hydrogens (tertiary/aromatic N) is 1. The number of nitrogens with two attached hydrogens (primary N) is 1. The molecule has 0 radical (unpaired) electrons. The Bertz CT molecular complexity index is 502. The summed E-state index contributed by atoms with van der Waals surface area (Å²) in [6.07, 6.45) is 0.994. The fourth-order valence-electron chi connectivity index (χ4n) is 1.38. The van der Waals surface area contributed by atoms with Crippen molar-refractivity contribution in [3.63, 3.8) is 0 Å². The minimum absolute atomic E-state index is 0.0214. The molecule has 0 unspecified atom stereocenters. The second-order valence-electron chi connectivity index (χ2n) is 4.61. The maximum Gasteiger partial charge on any atom is 0.296 e. The van der Waals surface area contributed by atoms with E-state index in [0.717, 1.165) is 17.5 Å². The minimum atomic E-state index is -0.0214. The number of benzene rings is 1. The van der Waals surface area contributed by atoms with Crippen LogP contribution in [0.5, 0.6) is 0 Å². The van der Waals surface area contributed by atoms with Gasteiger partial charge in [-0.2, -0.15) is 4.98 Å². The Hall–Kier alpha value is -1.71. The van der Waals surface area contributed by atoms with Crippen molar-refractivity contribution in [3.05, 3.63) is 18.2 Å². The summed E-state index contributed by atoms with van der Waals surface area (Å²) in [5.74, 6) is 0. The number of fused-ring (bicyclic) bond motifs is 1. The molecule has 86 valence electrons. The first-order valence-corrected chi connectivity index (χ1v) is 5.44. The Morgan fingerprint density at radius 2 is 2.19 bits per heavy atom. The van der Waals surface area contributed by atoms with Gasteiger partial charge in [0, 0.05) is 11.2 Å². The van der Waals surface area contributed by atoms with Crippen molar-refractivity contribution >= 4 is 22.8 Å². The van der Waals surface area contributed by atoms with Gasteiger partial charge in [0.1, 0.15) is 5.52 Å². The lowest BCUT2D eigenvalue weighted by molar-refractivity contribution is 0.508. The SMILES string of the molecule is CCC(C)(C)Nc1nc2cc(N)ccc2o1. The molecule has 0 aliphatic carbocycles. The van der Waals surface area contributed by atoms with Crippen LogP contribution in [0.15, 0.2) is 22.6 Å². The lowest BCUT2D eigenvalue weighted by atomic mass is 10.0. The molecule has 2 rings (SSSR count). The van der Waals surface area contributed by atoms with Crippen molar-refractivity contribution in [2.75, 3.05) is 11.1 Å². The van der Waals surface area contributed by atoms with Crippen molar-refractivity contribution in [1.82, 2.24) is 4.98 Å². The maximum atomic E-state index is 5.68. The number of rotatable bonds is 3. The molecule has 0 spiro atoms. The Morgan fingerprint density at radius 1 is 1.44 bits per heavy atom. The number of aromatic nitrogens is 1. The van der Waals surface area contributed by atoms with Crippen molar-refractivity contribution < 1.29 is 4.42 Å². The van der Waals surface area contributed by atoms with E-state index < -0.39 is 0 Å². The minimum Gasteiger partial charge on any atom is -0.424 e. The molecule has 1 heterocycles. The Morgan fingerprint density at radius 3 is 2.88 bits per heavy atom. The van der Waals surface area contributed by atoms with E-state index in [0.29, 0.717) is 11.7 Å². The average molecular weight is 219 g/mol. The first-order chi connectivity index (χ1) is 7.50. The van der Waals surface area contributed by atoms with E-state index in [-0.39, 0.29) is 5.54 Å². The molecule has 0 aliphatic heterocycles. The molecule has 16 heavy (non-hydrogen) atoms. The van der Waals surface area contributed by atoms with Crippen molar-refractivity contribution in [2.45, 2.75) is 32.7 Å². The quantitative estimate of drug-likeness (QED) is 0.779. The van der Waals surface area contributed by atoms with Gasteiger partial charge in [0.25, 0.3) is 6.01 Å². The molecule has 0 bridgehead atoms. The Kier molecular flexibility index (Phi) is 2.50. The van der Waals surface area contributed by atoms with Crippen molar-refractivity contribution in [3.8, 4) is 0 Å². The topological polar surface area (TPSA) is 64.1 Å². The molecule has 2 aromatic rings. The summed E-state index contributed by atoms with van der Waals surface area (Å²) in [5, 5.41) is 3.26. The van der Waals surface area contributed by atoms with Gasteiger partial charge in [-0.15, -0.1) is 0 Å². The molecule has 4 nitrogen and oxygen atoms in total. The van der Waals surface area contributed by atoms with Gasteiger partial charge in [-0.3, -0.25) is 0 Å². The average Bonchev–Trinajstić information content (AvgIpc) is 2.58. The molecule has 1 aromatic heterocycles. The van der Waals surface area contributed by atoms with Gasteiger partial charge < -0.3 is 15.5 Å². The lowest BCUT2D eigenvalue weighted by Gasteiger charge is -2.22. The molecule has 1 aromatic carbocycles. The second-order valence-corrected chi connectivity index (χ2v) is 4.61. The maximum absolute atomic E-state index is 5.68. The molecular weight excluding hydrogens is 202 g/mol. The second kappa shape index (κ2) is 3.70. The van der Waals surface area contributed by atoms with E-state index in [9.17, 15) is 0 Å². The fraction of sp³-hybridized carbons (Fsp3) is 0.417. The van der Waals surface area contributed by atoms with Crippen LogP contribution >= 0.6 is 0 Å². The summed E-state index contributed by atoms with van der Waals surface area (Å²) >= 11 is 0. The van der Waals surface area contributed by atoms with Crippen molar-refractivity contribution in [1.29, 1.82) is 0 Å². The van der Waals surface area contributed by atoms with Gasteiger partial charge in [0.2, 0.25) is 0 Å². The Labute approximate surface area is 94.8 Å². The summed E-state index contributed by atoms with van der Waals surface area (Å²) in [6.45, 7) is 6.33. The highest BCUT2D eigenvalue weighted by atomic mass is 16.4. The summed E-state index contributed by atoms with van der Waals surface area (Å²) in [4.78, 5) is 4.35. The lowest BCUT2D eigenvalue weighted by Crippen LogP contribution is -2.29. The number of nitrogen functional groups attached to an aromatic ring is 1. The van der Waals surface area contributed by atoms with Crippen LogP contribution < -0.4 is 11.1 Å². The molecule has 0 saturated carbocycles. The molecule has 0 atom stereocenters. The number of anilines is 2. The van der Waals surface area contributed by atoms with Crippen LogP contribution in [-0.2, 0) is 0 Å². The van der Waals surface area contributed by atoms with Gasteiger partial charge in [-0.1, -0.05) is 6.92 Å². The highest BCUT2D eigenvalue weighted by molar-refractivity contribution is 5.78. The summed E-state index contributed by atoms with van der Waals surface area (Å²) in [6, 6.07) is 6.00. The third-order valence-corrected chi connectivity index (χ3v) is 2.74. The van der Waals surface area contributed by atoms with Gasteiger partial charge in [0.15, 0.2) is 5.58 Å². The normalized spacial score (nSPS) is 11.9. The largest absolute Gasteiger partial charge is 0.424 e. The summed E-state index contributed by atoms with van der Waals surface area (Å²) in [5.41, 5.74) is 7.90. The van der Waals surface area contributed by atoms with Crippen LogP contribution in [0.2, 0.25) is 0 Å². The predicted octanol–water partition coefficient (Wildman–Crippen LogP) is 3.01. The standard InChI is InChI=1S/C12H17N3O/c1-4-12(2,3)15-11-14-9-7-8(13)5-6-10(9)16-11/h5-7H,4,13H2,1-3H3,(H,14,15). The fourth-order valence-corrected chi connectivity index (χ4v) is 1.38. The van der Waals surface area contributed by atoms with Crippen LogP contribution in [0.25, 0.3) is 11.1 Å². The number of nitrogens with one attached hydrogen (secondary N) is 1. The number of hydrogen-bond donors (Lipinski definition) is 2. The predicted molar refractivity (Wildman–Crippen MR) is 66.4 cm³/mol. The van der Waals surface area contributed by atoms with Crippen LogP contribution in [0.3, 0.4) is 0 Å². The first kappa shape index (κ1) is 10.8. The van der Waals surface area contributed by atoms with E-state index in [1.807, 2.05) is 18.2 Å². The molecule has 0 fully saturated rings. The molecule has 0 aliphatic rings. The summed E-state index contributed by atoms with van der Waals surface area (Å²) in [7, 11) is 0. The van der Waals surface area contributed by atoms with Crippen LogP contribution in [0.4, 0.5) is 11.7 Å². The summed E-state index contributed by atoms with van der Waals surface area (Å²) < 4.78 is 5.58. The molecule has 4 heteroatoms. The first-order valence-electron chi connectivity index (χ1n) is 5.44. The van der Waals surface area contributed by atoms with Crippen LogP contribution in [0, 0.1) is 0 Å². The van der Waals surface area contributed by atoms with E-state index in [1.54, 1.807) is 0 Å².